The molecule has 2 aliphatic rings. The number of nitrogens with zero attached hydrogens (tertiary/aromatic N) is 1. The van der Waals surface area contributed by atoms with Crippen LogP contribution in [0, 0.1) is 0 Å². The maximum Gasteiger partial charge on any atom is 0.118 e. The fraction of sp³-hybridized carbons (Fsp3) is 0.538. The first-order chi connectivity index (χ1) is 7.31. The lowest BCUT2D eigenvalue weighted by Crippen LogP contribution is -2.68. The molecule has 2 heteroatoms. The molecule has 0 amide bonds. The van der Waals surface area contributed by atoms with E-state index in [2.05, 4.69) is 4.90 Å². The van der Waals surface area contributed by atoms with Gasteiger partial charge in [0.2, 0.25) is 0 Å². The lowest BCUT2D eigenvalue weighted by Gasteiger charge is -2.57. The van der Waals surface area contributed by atoms with Gasteiger partial charge < -0.3 is 5.11 Å². The van der Waals surface area contributed by atoms with Crippen LogP contribution in [-0.4, -0.2) is 29.1 Å². The van der Waals surface area contributed by atoms with E-state index in [9.17, 15) is 5.11 Å². The second kappa shape index (κ2) is 3.32. The number of rotatable bonds is 1. The van der Waals surface area contributed by atoms with E-state index in [1.807, 2.05) is 30.3 Å². The van der Waals surface area contributed by atoms with Crippen molar-refractivity contribution in [1.82, 2.24) is 4.90 Å². The van der Waals surface area contributed by atoms with Crippen LogP contribution in [0.1, 0.15) is 24.8 Å². The Morgan fingerprint density at radius 1 is 1.20 bits per heavy atom. The highest BCUT2D eigenvalue weighted by Gasteiger charge is 2.52. The predicted molar refractivity (Wildman–Crippen MR) is 59.6 cm³/mol. The van der Waals surface area contributed by atoms with Crippen LogP contribution < -0.4 is 0 Å². The van der Waals surface area contributed by atoms with Gasteiger partial charge in [0.05, 0.1) is 0 Å². The molecule has 2 heterocycles. The molecule has 0 saturated carbocycles. The van der Waals surface area contributed by atoms with Crippen LogP contribution in [0.25, 0.3) is 0 Å². The Balaban J connectivity index is 1.87. The SMILES string of the molecule is O[C@]1(c2ccccc2)CN2CCCCC21. The number of hydrogen-bond donors (Lipinski definition) is 1. The fourth-order valence-corrected chi connectivity index (χ4v) is 3.03. The van der Waals surface area contributed by atoms with Gasteiger partial charge in [-0.1, -0.05) is 36.8 Å². The summed E-state index contributed by atoms with van der Waals surface area (Å²) in [6.07, 6.45) is 3.70. The van der Waals surface area contributed by atoms with Crippen molar-refractivity contribution in [3.63, 3.8) is 0 Å². The quantitative estimate of drug-likeness (QED) is 0.751. The normalized spacial score (nSPS) is 35.7. The van der Waals surface area contributed by atoms with E-state index in [0.29, 0.717) is 6.04 Å². The van der Waals surface area contributed by atoms with E-state index in [1.165, 1.54) is 19.4 Å². The van der Waals surface area contributed by atoms with Gasteiger partial charge in [0, 0.05) is 12.6 Å². The zero-order valence-corrected chi connectivity index (χ0v) is 8.89. The van der Waals surface area contributed by atoms with Crippen LogP contribution in [0.4, 0.5) is 0 Å². The first-order valence-electron chi connectivity index (χ1n) is 5.83. The zero-order valence-electron chi connectivity index (χ0n) is 8.89. The molecule has 2 aliphatic heterocycles. The largest absolute Gasteiger partial charge is 0.382 e. The van der Waals surface area contributed by atoms with Crippen LogP contribution in [0.15, 0.2) is 30.3 Å². The lowest BCUT2D eigenvalue weighted by atomic mass is 9.73. The van der Waals surface area contributed by atoms with E-state index >= 15 is 0 Å². The minimum absolute atomic E-state index is 0.369. The summed E-state index contributed by atoms with van der Waals surface area (Å²) < 4.78 is 0. The van der Waals surface area contributed by atoms with Gasteiger partial charge in [-0.3, -0.25) is 4.90 Å². The molecule has 0 bridgehead atoms. The Labute approximate surface area is 90.5 Å². The van der Waals surface area contributed by atoms with Crippen molar-refractivity contribution in [3.05, 3.63) is 35.9 Å². The minimum atomic E-state index is -0.568. The van der Waals surface area contributed by atoms with E-state index in [4.69, 9.17) is 0 Å². The van der Waals surface area contributed by atoms with Gasteiger partial charge in [0.1, 0.15) is 5.60 Å². The highest BCUT2D eigenvalue weighted by Crippen LogP contribution is 2.42. The van der Waals surface area contributed by atoms with Crippen LogP contribution in [-0.2, 0) is 5.60 Å². The molecule has 1 unspecified atom stereocenters. The lowest BCUT2D eigenvalue weighted by molar-refractivity contribution is -0.172. The Morgan fingerprint density at radius 2 is 2.00 bits per heavy atom. The molecular weight excluding hydrogens is 186 g/mol. The van der Waals surface area contributed by atoms with Crippen molar-refractivity contribution in [1.29, 1.82) is 0 Å². The smallest absolute Gasteiger partial charge is 0.118 e. The Kier molecular flexibility index (Phi) is 2.08. The number of benzene rings is 1. The Morgan fingerprint density at radius 3 is 2.73 bits per heavy atom. The maximum atomic E-state index is 10.6. The summed E-state index contributed by atoms with van der Waals surface area (Å²) in [5.41, 5.74) is 0.523. The van der Waals surface area contributed by atoms with E-state index < -0.39 is 5.60 Å². The summed E-state index contributed by atoms with van der Waals surface area (Å²) in [7, 11) is 0. The zero-order chi connectivity index (χ0) is 10.3. The van der Waals surface area contributed by atoms with Gasteiger partial charge in [0.25, 0.3) is 0 Å². The molecule has 15 heavy (non-hydrogen) atoms. The number of aliphatic hydroxyl groups is 1. The van der Waals surface area contributed by atoms with Gasteiger partial charge >= 0.3 is 0 Å². The summed E-state index contributed by atoms with van der Waals surface area (Å²) in [6.45, 7) is 1.99. The molecule has 2 atom stereocenters. The molecule has 0 aromatic heterocycles. The molecule has 1 N–H and O–H groups in total. The van der Waals surface area contributed by atoms with Crippen molar-refractivity contribution in [2.75, 3.05) is 13.1 Å². The number of fused-ring (bicyclic) bond motifs is 1. The standard InChI is InChI=1S/C13H17NO/c15-13(11-6-2-1-3-7-11)10-14-9-5-4-8-12(13)14/h1-3,6-7,12,15H,4-5,8-10H2/t12?,13-/m0/s1. The number of piperidine rings is 1. The van der Waals surface area contributed by atoms with Gasteiger partial charge in [0.15, 0.2) is 0 Å². The summed E-state index contributed by atoms with van der Waals surface area (Å²) in [5.74, 6) is 0. The van der Waals surface area contributed by atoms with Crippen molar-refractivity contribution in [2.45, 2.75) is 30.9 Å². The average Bonchev–Trinajstić information content (AvgIpc) is 2.29. The molecule has 2 nitrogen and oxygen atoms in total. The molecule has 2 saturated heterocycles. The summed E-state index contributed by atoms with van der Waals surface area (Å²) >= 11 is 0. The molecular formula is C13H17NO. The molecule has 3 rings (SSSR count). The van der Waals surface area contributed by atoms with Gasteiger partial charge in [-0.05, 0) is 24.9 Å². The summed E-state index contributed by atoms with van der Waals surface area (Å²) in [6, 6.07) is 10.5. The van der Waals surface area contributed by atoms with Crippen molar-refractivity contribution >= 4 is 0 Å². The highest BCUT2D eigenvalue weighted by molar-refractivity contribution is 5.29. The molecule has 80 valence electrons. The Hall–Kier alpha value is -0.860. The third kappa shape index (κ3) is 1.32. The third-order valence-corrected chi connectivity index (χ3v) is 3.88. The number of hydrogen-bond acceptors (Lipinski definition) is 2. The van der Waals surface area contributed by atoms with Gasteiger partial charge in [-0.25, -0.2) is 0 Å². The molecule has 0 aliphatic carbocycles. The monoisotopic (exact) mass is 203 g/mol. The average molecular weight is 203 g/mol. The second-order valence-corrected chi connectivity index (χ2v) is 4.77. The molecule has 0 radical (unpaired) electrons. The van der Waals surface area contributed by atoms with Gasteiger partial charge in [-0.15, -0.1) is 0 Å². The third-order valence-electron chi connectivity index (χ3n) is 3.88. The molecule has 2 fully saturated rings. The second-order valence-electron chi connectivity index (χ2n) is 4.77. The molecule has 0 spiro atoms. The van der Waals surface area contributed by atoms with Crippen LogP contribution in [0.2, 0.25) is 0 Å². The van der Waals surface area contributed by atoms with Gasteiger partial charge in [-0.2, -0.15) is 0 Å². The predicted octanol–water partition coefficient (Wildman–Crippen LogP) is 1.74. The van der Waals surface area contributed by atoms with Crippen LogP contribution >= 0.6 is 0 Å². The summed E-state index contributed by atoms with van der Waals surface area (Å²) in [4.78, 5) is 2.41. The maximum absolute atomic E-state index is 10.6. The van der Waals surface area contributed by atoms with Crippen LogP contribution in [0.3, 0.4) is 0 Å². The van der Waals surface area contributed by atoms with E-state index in [-0.39, 0.29) is 0 Å². The minimum Gasteiger partial charge on any atom is -0.382 e. The van der Waals surface area contributed by atoms with E-state index in [1.54, 1.807) is 0 Å². The first kappa shape index (κ1) is 9.37. The van der Waals surface area contributed by atoms with Crippen molar-refractivity contribution < 1.29 is 5.11 Å². The first-order valence-corrected chi connectivity index (χ1v) is 5.83. The Bertz CT molecular complexity index is 351. The van der Waals surface area contributed by atoms with Crippen molar-refractivity contribution in [2.24, 2.45) is 0 Å². The van der Waals surface area contributed by atoms with E-state index in [0.717, 1.165) is 18.5 Å². The van der Waals surface area contributed by atoms with Crippen molar-refractivity contribution in [3.8, 4) is 0 Å². The topological polar surface area (TPSA) is 23.5 Å². The summed E-state index contributed by atoms with van der Waals surface area (Å²) in [5, 5.41) is 10.6. The molecule has 1 aromatic rings. The van der Waals surface area contributed by atoms with Crippen LogP contribution in [0.5, 0.6) is 0 Å². The highest BCUT2D eigenvalue weighted by atomic mass is 16.3. The fourth-order valence-electron chi connectivity index (χ4n) is 3.03. The molecule has 1 aromatic carbocycles.